The molecule has 0 unspecified atom stereocenters. The van der Waals surface area contributed by atoms with E-state index in [0.717, 1.165) is 3.57 Å². The Morgan fingerprint density at radius 3 is 2.24 bits per heavy atom. The largest absolute Gasteiger partial charge is 0.479 e. The molecular weight excluding hydrogens is 383 g/mol. The predicted octanol–water partition coefficient (Wildman–Crippen LogP) is 3.24. The molecule has 0 saturated carbocycles. The van der Waals surface area contributed by atoms with Crippen LogP contribution in [0.1, 0.15) is 11.6 Å². The Morgan fingerprint density at radius 1 is 1.00 bits per heavy atom. The van der Waals surface area contributed by atoms with Crippen molar-refractivity contribution in [3.63, 3.8) is 0 Å². The minimum absolute atomic E-state index is 0.517. The van der Waals surface area contributed by atoms with Crippen LogP contribution in [-0.4, -0.2) is 17.1 Å². The molecule has 108 valence electrons. The lowest BCUT2D eigenvalue weighted by Crippen LogP contribution is -2.36. The number of amides is 2. The van der Waals surface area contributed by atoms with Crippen molar-refractivity contribution in [1.29, 1.82) is 0 Å². The molecule has 0 aliphatic heterocycles. The number of halogens is 1. The van der Waals surface area contributed by atoms with Crippen molar-refractivity contribution in [2.75, 3.05) is 5.32 Å². The molecule has 5 nitrogen and oxygen atoms in total. The summed E-state index contributed by atoms with van der Waals surface area (Å²) in [6.45, 7) is 0. The number of carbonyl (C=O) groups is 2. The van der Waals surface area contributed by atoms with Crippen LogP contribution < -0.4 is 10.6 Å². The van der Waals surface area contributed by atoms with Gasteiger partial charge in [-0.3, -0.25) is 0 Å². The molecule has 0 fully saturated rings. The molecule has 0 radical (unpaired) electrons. The van der Waals surface area contributed by atoms with Crippen molar-refractivity contribution in [3.8, 4) is 0 Å². The average molecular weight is 396 g/mol. The third-order valence-electron chi connectivity index (χ3n) is 2.78. The van der Waals surface area contributed by atoms with Gasteiger partial charge in [-0.1, -0.05) is 42.5 Å². The van der Waals surface area contributed by atoms with E-state index in [2.05, 4.69) is 33.2 Å². The Morgan fingerprint density at radius 2 is 1.62 bits per heavy atom. The van der Waals surface area contributed by atoms with Crippen LogP contribution in [0.4, 0.5) is 10.5 Å². The maximum absolute atomic E-state index is 12.0. The number of nitrogens with one attached hydrogen (secondary N) is 2. The molecule has 0 aromatic heterocycles. The summed E-state index contributed by atoms with van der Waals surface area (Å²) in [5.41, 5.74) is 1.15. The standard InChI is InChI=1S/C15H13IN2O3/c16-11-8-4-5-9-12(11)17-15(21)18-13(14(19)20)10-6-2-1-3-7-10/h1-9,13H,(H,19,20)(H2,17,18,21)/t13-/m1/s1. The Kier molecular flexibility index (Phi) is 5.15. The zero-order valence-electron chi connectivity index (χ0n) is 10.9. The molecule has 0 bridgehead atoms. The molecule has 2 amide bonds. The van der Waals surface area contributed by atoms with E-state index in [1.807, 2.05) is 12.1 Å². The molecule has 6 heteroatoms. The highest BCUT2D eigenvalue weighted by Gasteiger charge is 2.21. The van der Waals surface area contributed by atoms with E-state index in [0.29, 0.717) is 11.3 Å². The van der Waals surface area contributed by atoms with Crippen molar-refractivity contribution in [2.45, 2.75) is 6.04 Å². The zero-order valence-corrected chi connectivity index (χ0v) is 13.1. The summed E-state index contributed by atoms with van der Waals surface area (Å²) >= 11 is 2.09. The monoisotopic (exact) mass is 396 g/mol. The number of para-hydroxylation sites is 1. The van der Waals surface area contributed by atoms with Crippen LogP contribution >= 0.6 is 22.6 Å². The van der Waals surface area contributed by atoms with E-state index in [1.165, 1.54) is 0 Å². The number of benzene rings is 2. The predicted molar refractivity (Wildman–Crippen MR) is 88.1 cm³/mol. The smallest absolute Gasteiger partial charge is 0.330 e. The summed E-state index contributed by atoms with van der Waals surface area (Å²) in [5.74, 6) is -1.11. The Balaban J connectivity index is 2.10. The summed E-state index contributed by atoms with van der Waals surface area (Å²) in [6.07, 6.45) is 0. The third kappa shape index (κ3) is 4.19. The molecule has 0 saturated heterocycles. The van der Waals surface area contributed by atoms with Crippen LogP contribution in [0.15, 0.2) is 54.6 Å². The van der Waals surface area contributed by atoms with E-state index < -0.39 is 18.0 Å². The number of anilines is 1. The van der Waals surface area contributed by atoms with Crippen LogP contribution in [0.5, 0.6) is 0 Å². The molecule has 3 N–H and O–H groups in total. The lowest BCUT2D eigenvalue weighted by atomic mass is 10.1. The van der Waals surface area contributed by atoms with Gasteiger partial charge in [0.2, 0.25) is 0 Å². The third-order valence-corrected chi connectivity index (χ3v) is 3.72. The minimum Gasteiger partial charge on any atom is -0.479 e. The van der Waals surface area contributed by atoms with Crippen LogP contribution in [0.2, 0.25) is 0 Å². The topological polar surface area (TPSA) is 78.4 Å². The second kappa shape index (κ2) is 7.07. The summed E-state index contributed by atoms with van der Waals surface area (Å²) in [4.78, 5) is 23.3. The highest BCUT2D eigenvalue weighted by Crippen LogP contribution is 2.18. The van der Waals surface area contributed by atoms with Gasteiger partial charge in [-0.25, -0.2) is 9.59 Å². The highest BCUT2D eigenvalue weighted by atomic mass is 127. The lowest BCUT2D eigenvalue weighted by Gasteiger charge is -2.16. The maximum Gasteiger partial charge on any atom is 0.330 e. The van der Waals surface area contributed by atoms with Gasteiger partial charge in [-0.15, -0.1) is 0 Å². The van der Waals surface area contributed by atoms with E-state index in [1.54, 1.807) is 42.5 Å². The summed E-state index contributed by atoms with van der Waals surface area (Å²) < 4.78 is 0.872. The average Bonchev–Trinajstić information content (AvgIpc) is 2.48. The van der Waals surface area contributed by atoms with E-state index >= 15 is 0 Å². The quantitative estimate of drug-likeness (QED) is 0.695. The van der Waals surface area contributed by atoms with Gasteiger partial charge >= 0.3 is 12.0 Å². The van der Waals surface area contributed by atoms with Crippen molar-refractivity contribution in [3.05, 3.63) is 63.7 Å². The minimum atomic E-state index is -1.11. The van der Waals surface area contributed by atoms with Gasteiger partial charge in [-0.05, 0) is 40.3 Å². The Bertz CT molecular complexity index is 646. The summed E-state index contributed by atoms with van der Waals surface area (Å²) in [5, 5.41) is 14.4. The van der Waals surface area contributed by atoms with Gasteiger partial charge in [0.1, 0.15) is 0 Å². The fourth-order valence-corrected chi connectivity index (χ4v) is 2.31. The van der Waals surface area contributed by atoms with E-state index in [-0.39, 0.29) is 0 Å². The molecule has 2 aromatic rings. The maximum atomic E-state index is 12.0. The first kappa shape index (κ1) is 15.3. The Labute approximate surface area is 135 Å². The second-order valence-corrected chi connectivity index (χ2v) is 5.42. The fourth-order valence-electron chi connectivity index (χ4n) is 1.79. The zero-order chi connectivity index (χ0) is 15.2. The molecule has 0 aliphatic carbocycles. The van der Waals surface area contributed by atoms with Crippen LogP contribution in [0.3, 0.4) is 0 Å². The number of carbonyl (C=O) groups excluding carboxylic acids is 1. The second-order valence-electron chi connectivity index (χ2n) is 4.26. The number of hydrogen-bond donors (Lipinski definition) is 3. The molecular formula is C15H13IN2O3. The molecule has 2 rings (SSSR count). The summed E-state index contributed by atoms with van der Waals surface area (Å²) in [6, 6.07) is 14.2. The lowest BCUT2D eigenvalue weighted by molar-refractivity contribution is -0.139. The van der Waals surface area contributed by atoms with Crippen LogP contribution in [-0.2, 0) is 4.79 Å². The first-order chi connectivity index (χ1) is 10.1. The van der Waals surface area contributed by atoms with Crippen molar-refractivity contribution >= 4 is 40.3 Å². The van der Waals surface area contributed by atoms with Gasteiger partial charge in [0.05, 0.1) is 5.69 Å². The van der Waals surface area contributed by atoms with Gasteiger partial charge in [0.25, 0.3) is 0 Å². The molecule has 0 spiro atoms. The molecule has 2 aromatic carbocycles. The van der Waals surface area contributed by atoms with Crippen LogP contribution in [0.25, 0.3) is 0 Å². The van der Waals surface area contributed by atoms with Crippen LogP contribution in [0, 0.1) is 3.57 Å². The normalized spacial score (nSPS) is 11.5. The molecule has 0 aliphatic rings. The number of aliphatic carboxylic acids is 1. The van der Waals surface area contributed by atoms with E-state index in [4.69, 9.17) is 0 Å². The van der Waals surface area contributed by atoms with E-state index in [9.17, 15) is 14.7 Å². The van der Waals surface area contributed by atoms with Gasteiger partial charge in [0, 0.05) is 3.57 Å². The van der Waals surface area contributed by atoms with Crippen molar-refractivity contribution in [2.24, 2.45) is 0 Å². The number of rotatable bonds is 4. The molecule has 0 heterocycles. The number of hydrogen-bond acceptors (Lipinski definition) is 2. The fraction of sp³-hybridized carbons (Fsp3) is 0.0667. The first-order valence-electron chi connectivity index (χ1n) is 6.17. The van der Waals surface area contributed by atoms with Gasteiger partial charge < -0.3 is 15.7 Å². The SMILES string of the molecule is O=C(Nc1ccccc1I)N[C@@H](C(=O)O)c1ccccc1. The van der Waals surface area contributed by atoms with Crippen molar-refractivity contribution < 1.29 is 14.7 Å². The molecule has 21 heavy (non-hydrogen) atoms. The highest BCUT2D eigenvalue weighted by molar-refractivity contribution is 14.1. The molecule has 1 atom stereocenters. The van der Waals surface area contributed by atoms with Gasteiger partial charge in [0.15, 0.2) is 6.04 Å². The summed E-state index contributed by atoms with van der Waals surface area (Å²) in [7, 11) is 0. The van der Waals surface area contributed by atoms with Crippen molar-refractivity contribution in [1.82, 2.24) is 5.32 Å². The first-order valence-corrected chi connectivity index (χ1v) is 7.25. The number of carboxylic acids is 1. The number of urea groups is 1. The Hall–Kier alpha value is -2.09. The number of carboxylic acid groups (broad SMARTS) is 1. The van der Waals surface area contributed by atoms with Gasteiger partial charge in [-0.2, -0.15) is 0 Å².